The maximum Gasteiger partial charge on any atom is 0.417 e. The summed E-state index contributed by atoms with van der Waals surface area (Å²) in [6.45, 7) is 2.00. The Morgan fingerprint density at radius 3 is 2.23 bits per heavy atom. The maximum absolute atomic E-state index is 13.6. The first-order chi connectivity index (χ1) is 12.3. The van der Waals surface area contributed by atoms with Crippen molar-refractivity contribution in [1.82, 2.24) is 0 Å². The first kappa shape index (κ1) is 18.4. The van der Waals surface area contributed by atoms with Gasteiger partial charge in [0, 0.05) is 0 Å². The number of halogens is 3. The summed E-state index contributed by atoms with van der Waals surface area (Å²) in [6.07, 6.45) is -1.14. The summed E-state index contributed by atoms with van der Waals surface area (Å²) in [5, 5.41) is 19.3. The Hall–Kier alpha value is -2.43. The fraction of sp³-hybridized carbons (Fsp3) is 0.333. The van der Waals surface area contributed by atoms with Crippen molar-refractivity contribution < 1.29 is 23.4 Å². The van der Waals surface area contributed by atoms with Gasteiger partial charge in [-0.15, -0.1) is 0 Å². The van der Waals surface area contributed by atoms with Crippen molar-refractivity contribution in [2.24, 2.45) is 0 Å². The van der Waals surface area contributed by atoms with Crippen LogP contribution in [0.15, 0.2) is 36.4 Å². The highest BCUT2D eigenvalue weighted by Crippen LogP contribution is 2.44. The molecular formula is C21H21F3O2. The van der Waals surface area contributed by atoms with Crippen molar-refractivity contribution in [2.75, 3.05) is 0 Å². The number of hydrogen-bond donors (Lipinski definition) is 2. The lowest BCUT2D eigenvalue weighted by Gasteiger charge is -2.19. The molecule has 0 aliphatic heterocycles. The number of hydrogen-bond acceptors (Lipinski definition) is 2. The van der Waals surface area contributed by atoms with E-state index in [2.05, 4.69) is 0 Å². The van der Waals surface area contributed by atoms with E-state index in [1.54, 1.807) is 18.2 Å². The standard InChI is InChI=1S/C21H21F3O2/c1-2-4-17-16-9-7-14(25)11-13(16)5-3-6-18(17)19-10-8-15(26)12-20(19)21(22,23)24/h7-12,25-26H,2-6H2,1H3. The molecule has 0 radical (unpaired) electrons. The van der Waals surface area contributed by atoms with E-state index < -0.39 is 17.5 Å². The van der Waals surface area contributed by atoms with E-state index in [9.17, 15) is 23.4 Å². The van der Waals surface area contributed by atoms with Crippen LogP contribution in [0.1, 0.15) is 54.9 Å². The lowest BCUT2D eigenvalue weighted by atomic mass is 9.87. The van der Waals surface area contributed by atoms with Gasteiger partial charge in [0.2, 0.25) is 0 Å². The van der Waals surface area contributed by atoms with Crippen LogP contribution >= 0.6 is 0 Å². The normalized spacial score (nSPS) is 14.9. The minimum absolute atomic E-state index is 0.139. The molecule has 0 spiro atoms. The van der Waals surface area contributed by atoms with Crippen molar-refractivity contribution in [1.29, 1.82) is 0 Å². The van der Waals surface area contributed by atoms with Crippen molar-refractivity contribution in [3.05, 3.63) is 58.7 Å². The number of alkyl halides is 3. The molecule has 0 atom stereocenters. The van der Waals surface area contributed by atoms with Gasteiger partial charge >= 0.3 is 6.18 Å². The Kier molecular flexibility index (Phi) is 4.99. The van der Waals surface area contributed by atoms with Crippen LogP contribution in [0, 0.1) is 0 Å². The Morgan fingerprint density at radius 2 is 1.58 bits per heavy atom. The number of phenolic OH excluding ortho intramolecular Hbond substituents is 2. The molecule has 1 aliphatic carbocycles. The minimum atomic E-state index is -4.54. The van der Waals surface area contributed by atoms with Crippen molar-refractivity contribution in [2.45, 2.75) is 45.2 Å². The molecule has 0 saturated carbocycles. The summed E-state index contributed by atoms with van der Waals surface area (Å²) in [5.74, 6) is -0.221. The van der Waals surface area contributed by atoms with Crippen LogP contribution in [0.3, 0.4) is 0 Å². The second-order valence-electron chi connectivity index (χ2n) is 6.63. The van der Waals surface area contributed by atoms with Gasteiger partial charge in [-0.3, -0.25) is 0 Å². The van der Waals surface area contributed by atoms with Crippen LogP contribution in [-0.2, 0) is 12.6 Å². The largest absolute Gasteiger partial charge is 0.508 e. The van der Waals surface area contributed by atoms with Gasteiger partial charge in [-0.05, 0) is 77.8 Å². The van der Waals surface area contributed by atoms with Gasteiger partial charge in [-0.25, -0.2) is 0 Å². The van der Waals surface area contributed by atoms with Gasteiger partial charge < -0.3 is 10.2 Å². The summed E-state index contributed by atoms with van der Waals surface area (Å²) in [7, 11) is 0. The fourth-order valence-corrected chi connectivity index (χ4v) is 3.71. The molecule has 2 N–H and O–H groups in total. The zero-order valence-corrected chi connectivity index (χ0v) is 14.5. The first-order valence-corrected chi connectivity index (χ1v) is 8.76. The SMILES string of the molecule is CCCC1=C(c2ccc(O)cc2C(F)(F)F)CCCc2cc(O)ccc21. The highest BCUT2D eigenvalue weighted by molar-refractivity contribution is 5.93. The van der Waals surface area contributed by atoms with Crippen molar-refractivity contribution >= 4 is 11.1 Å². The predicted molar refractivity (Wildman–Crippen MR) is 95.9 cm³/mol. The summed E-state index contributed by atoms with van der Waals surface area (Å²) in [4.78, 5) is 0. The average molecular weight is 362 g/mol. The molecule has 0 bridgehead atoms. The molecule has 0 amide bonds. The number of fused-ring (bicyclic) bond motifs is 1. The van der Waals surface area contributed by atoms with E-state index >= 15 is 0 Å². The Balaban J connectivity index is 2.27. The first-order valence-electron chi connectivity index (χ1n) is 8.76. The van der Waals surface area contributed by atoms with Crippen LogP contribution < -0.4 is 0 Å². The van der Waals surface area contributed by atoms with Gasteiger partial charge in [0.05, 0.1) is 5.56 Å². The predicted octanol–water partition coefficient (Wildman–Crippen LogP) is 6.16. The average Bonchev–Trinajstić information content (AvgIpc) is 2.74. The molecule has 0 fully saturated rings. The summed E-state index contributed by atoms with van der Waals surface area (Å²) < 4.78 is 40.7. The molecule has 2 aromatic rings. The number of aryl methyl sites for hydroxylation is 1. The second-order valence-corrected chi connectivity index (χ2v) is 6.63. The Bertz CT molecular complexity index is 851. The molecule has 3 rings (SSSR count). The van der Waals surface area contributed by atoms with Crippen LogP contribution in [-0.4, -0.2) is 10.2 Å². The van der Waals surface area contributed by atoms with E-state index in [1.165, 1.54) is 12.1 Å². The minimum Gasteiger partial charge on any atom is -0.508 e. The van der Waals surface area contributed by atoms with E-state index in [1.807, 2.05) is 6.92 Å². The lowest BCUT2D eigenvalue weighted by Crippen LogP contribution is -2.09. The Morgan fingerprint density at radius 1 is 0.923 bits per heavy atom. The topological polar surface area (TPSA) is 40.5 Å². The van der Waals surface area contributed by atoms with E-state index in [0.29, 0.717) is 31.3 Å². The van der Waals surface area contributed by atoms with Crippen LogP contribution in [0.25, 0.3) is 11.1 Å². The van der Waals surface area contributed by atoms with Gasteiger partial charge in [-0.1, -0.05) is 25.5 Å². The zero-order chi connectivity index (χ0) is 18.9. The molecule has 5 heteroatoms. The number of benzene rings is 2. The number of aromatic hydroxyl groups is 2. The van der Waals surface area contributed by atoms with Crippen LogP contribution in [0.4, 0.5) is 13.2 Å². The van der Waals surface area contributed by atoms with Crippen molar-refractivity contribution in [3.8, 4) is 11.5 Å². The highest BCUT2D eigenvalue weighted by atomic mass is 19.4. The fourth-order valence-electron chi connectivity index (χ4n) is 3.71. The number of allylic oxidation sites excluding steroid dienone is 2. The summed E-state index contributed by atoms with van der Waals surface area (Å²) >= 11 is 0. The molecule has 0 unspecified atom stereocenters. The molecule has 26 heavy (non-hydrogen) atoms. The van der Waals surface area contributed by atoms with Gasteiger partial charge in [0.1, 0.15) is 11.5 Å². The quantitative estimate of drug-likeness (QED) is 0.686. The van der Waals surface area contributed by atoms with Gasteiger partial charge in [-0.2, -0.15) is 13.2 Å². The molecule has 0 heterocycles. The molecular weight excluding hydrogens is 341 g/mol. The third-order valence-electron chi connectivity index (χ3n) is 4.78. The molecule has 2 aromatic carbocycles. The summed E-state index contributed by atoms with van der Waals surface area (Å²) in [5.41, 5.74) is 2.80. The van der Waals surface area contributed by atoms with Crippen LogP contribution in [0.5, 0.6) is 11.5 Å². The van der Waals surface area contributed by atoms with Gasteiger partial charge in [0.15, 0.2) is 0 Å². The second kappa shape index (κ2) is 7.06. The zero-order valence-electron chi connectivity index (χ0n) is 14.5. The van der Waals surface area contributed by atoms with E-state index in [4.69, 9.17) is 0 Å². The van der Waals surface area contributed by atoms with E-state index in [0.717, 1.165) is 29.2 Å². The Labute approximate surface area is 150 Å². The molecule has 0 saturated heterocycles. The van der Waals surface area contributed by atoms with Crippen LogP contribution in [0.2, 0.25) is 0 Å². The molecule has 1 aliphatic rings. The third-order valence-corrected chi connectivity index (χ3v) is 4.78. The lowest BCUT2D eigenvalue weighted by molar-refractivity contribution is -0.137. The monoisotopic (exact) mass is 362 g/mol. The number of phenols is 2. The molecule has 138 valence electrons. The third kappa shape index (κ3) is 3.57. The summed E-state index contributed by atoms with van der Waals surface area (Å²) in [6, 6.07) is 8.57. The van der Waals surface area contributed by atoms with Crippen molar-refractivity contribution in [3.63, 3.8) is 0 Å². The molecule has 2 nitrogen and oxygen atoms in total. The van der Waals surface area contributed by atoms with E-state index in [-0.39, 0.29) is 11.3 Å². The highest BCUT2D eigenvalue weighted by Gasteiger charge is 2.35. The van der Waals surface area contributed by atoms with Gasteiger partial charge in [0.25, 0.3) is 0 Å². The molecule has 0 aromatic heterocycles. The maximum atomic E-state index is 13.6. The number of rotatable bonds is 3. The smallest absolute Gasteiger partial charge is 0.417 e.